The van der Waals surface area contributed by atoms with Crippen molar-refractivity contribution in [3.63, 3.8) is 0 Å². The average Bonchev–Trinajstić information content (AvgIpc) is 2.60. The first kappa shape index (κ1) is 16.5. The second kappa shape index (κ2) is 6.63. The second-order valence-electron chi connectivity index (χ2n) is 5.34. The molecule has 0 saturated carbocycles. The van der Waals surface area contributed by atoms with Crippen LogP contribution in [0.4, 0.5) is 5.69 Å². The molecular formula is C19H13ClN4O. The molecule has 25 heavy (non-hydrogen) atoms. The van der Waals surface area contributed by atoms with Crippen LogP contribution in [0.25, 0.3) is 6.08 Å². The van der Waals surface area contributed by atoms with Gasteiger partial charge in [0.25, 0.3) is 5.91 Å². The van der Waals surface area contributed by atoms with Gasteiger partial charge >= 0.3 is 0 Å². The van der Waals surface area contributed by atoms with E-state index in [0.29, 0.717) is 16.3 Å². The smallest absolute Gasteiger partial charge is 0.276 e. The molecule has 2 aromatic carbocycles. The van der Waals surface area contributed by atoms with Gasteiger partial charge in [0.15, 0.2) is 0 Å². The van der Waals surface area contributed by atoms with Crippen molar-refractivity contribution < 1.29 is 4.79 Å². The molecule has 1 aliphatic rings. The number of hydrogen-bond donors (Lipinski definition) is 2. The van der Waals surface area contributed by atoms with Crippen LogP contribution in [0.5, 0.6) is 0 Å². The number of benzene rings is 2. The summed E-state index contributed by atoms with van der Waals surface area (Å²) in [6, 6.07) is 17.7. The fourth-order valence-corrected chi connectivity index (χ4v) is 2.73. The Morgan fingerprint density at radius 2 is 1.88 bits per heavy atom. The van der Waals surface area contributed by atoms with Crippen molar-refractivity contribution in [3.8, 4) is 6.07 Å². The molecule has 122 valence electrons. The summed E-state index contributed by atoms with van der Waals surface area (Å²) in [7, 11) is 0. The molecular weight excluding hydrogens is 336 g/mol. The summed E-state index contributed by atoms with van der Waals surface area (Å²) in [5.41, 5.74) is 7.33. The number of carbonyl (C=O) groups is 1. The quantitative estimate of drug-likeness (QED) is 0.869. The third kappa shape index (κ3) is 3.03. The number of nitrogens with one attached hydrogen (secondary N) is 1. The van der Waals surface area contributed by atoms with E-state index in [1.165, 1.54) is 0 Å². The highest BCUT2D eigenvalue weighted by Crippen LogP contribution is 2.30. The molecule has 6 heteroatoms. The van der Waals surface area contributed by atoms with Crippen LogP contribution in [-0.4, -0.2) is 11.7 Å². The van der Waals surface area contributed by atoms with E-state index in [9.17, 15) is 10.1 Å². The Hall–Kier alpha value is -3.36. The number of halogens is 1. The van der Waals surface area contributed by atoms with Crippen LogP contribution >= 0.6 is 11.6 Å². The topological polar surface area (TPSA) is 94.0 Å². The number of nitriles is 1. The second-order valence-corrected chi connectivity index (χ2v) is 5.77. The molecule has 5 nitrogen and oxygen atoms in total. The first-order valence-corrected chi connectivity index (χ1v) is 7.76. The number of amides is 1. The van der Waals surface area contributed by atoms with Gasteiger partial charge in [-0.05, 0) is 29.8 Å². The molecule has 0 bridgehead atoms. The van der Waals surface area contributed by atoms with Crippen molar-refractivity contribution in [1.82, 2.24) is 0 Å². The van der Waals surface area contributed by atoms with E-state index in [4.69, 9.17) is 22.7 Å². The van der Waals surface area contributed by atoms with Crippen LogP contribution < -0.4 is 10.6 Å². The molecule has 0 atom stereocenters. The Labute approximate surface area is 149 Å². The highest BCUT2D eigenvalue weighted by atomic mass is 35.5. The number of rotatable bonds is 2. The number of nitrogens with two attached hydrogens (primary N) is 1. The minimum atomic E-state index is -0.641. The van der Waals surface area contributed by atoms with Gasteiger partial charge in [0.1, 0.15) is 17.5 Å². The number of nitrogens with zero attached hydrogens (tertiary/aromatic N) is 2. The van der Waals surface area contributed by atoms with Crippen molar-refractivity contribution in [1.29, 1.82) is 10.7 Å². The Morgan fingerprint density at radius 3 is 2.52 bits per heavy atom. The lowest BCUT2D eigenvalue weighted by Gasteiger charge is -2.29. The molecule has 0 spiro atoms. The van der Waals surface area contributed by atoms with Gasteiger partial charge in [0, 0.05) is 10.6 Å². The van der Waals surface area contributed by atoms with Crippen molar-refractivity contribution in [2.24, 2.45) is 5.73 Å². The number of carbonyl (C=O) groups excluding carboxylic acids is 1. The van der Waals surface area contributed by atoms with E-state index in [1.807, 2.05) is 36.4 Å². The van der Waals surface area contributed by atoms with Crippen LogP contribution in [0.2, 0.25) is 5.02 Å². The molecule has 2 aromatic rings. The Kier molecular flexibility index (Phi) is 4.38. The molecule has 3 rings (SSSR count). The lowest BCUT2D eigenvalue weighted by molar-refractivity contribution is -0.114. The normalized spacial score (nSPS) is 16.3. The highest BCUT2D eigenvalue weighted by Gasteiger charge is 2.34. The van der Waals surface area contributed by atoms with Gasteiger partial charge in [-0.1, -0.05) is 48.0 Å². The maximum absolute atomic E-state index is 12.6. The van der Waals surface area contributed by atoms with Gasteiger partial charge in [-0.2, -0.15) is 5.26 Å². The summed E-state index contributed by atoms with van der Waals surface area (Å²) in [5, 5.41) is 18.2. The molecule has 0 fully saturated rings. The molecule has 1 amide bonds. The minimum absolute atomic E-state index is 0.000342. The Morgan fingerprint density at radius 1 is 1.16 bits per heavy atom. The highest BCUT2D eigenvalue weighted by molar-refractivity contribution is 6.34. The van der Waals surface area contributed by atoms with E-state index >= 15 is 0 Å². The van der Waals surface area contributed by atoms with Gasteiger partial charge in [-0.15, -0.1) is 0 Å². The summed E-state index contributed by atoms with van der Waals surface area (Å²) < 4.78 is 0. The van der Waals surface area contributed by atoms with Gasteiger partial charge in [0.2, 0.25) is 0 Å². The molecule has 0 aliphatic carbocycles. The van der Waals surface area contributed by atoms with Crippen LogP contribution in [0, 0.1) is 16.7 Å². The summed E-state index contributed by atoms with van der Waals surface area (Å²) in [4.78, 5) is 13.8. The van der Waals surface area contributed by atoms with Crippen LogP contribution in [0.3, 0.4) is 0 Å². The largest absolute Gasteiger partial charge is 0.397 e. The lowest BCUT2D eigenvalue weighted by Crippen LogP contribution is -2.44. The zero-order valence-corrected chi connectivity index (χ0v) is 13.8. The number of hydrogen-bond acceptors (Lipinski definition) is 4. The standard InChI is InChI=1S/C19H13ClN4O/c20-13-7-4-8-14(10-13)24-18(23)15(9-12-5-2-1-3-6-12)17(22)16(11-21)19(24)25/h1-10,23H,22H2. The monoisotopic (exact) mass is 348 g/mol. The molecule has 0 aromatic heterocycles. The third-order valence-corrected chi connectivity index (χ3v) is 3.98. The van der Waals surface area contributed by atoms with E-state index < -0.39 is 5.91 Å². The third-order valence-electron chi connectivity index (χ3n) is 3.74. The molecule has 0 saturated heterocycles. The fourth-order valence-electron chi connectivity index (χ4n) is 2.54. The van der Waals surface area contributed by atoms with E-state index in [1.54, 1.807) is 30.3 Å². The maximum atomic E-state index is 12.6. The van der Waals surface area contributed by atoms with E-state index in [0.717, 1.165) is 10.5 Å². The molecule has 1 heterocycles. The SMILES string of the molecule is N#CC1=C(N)C(=Cc2ccccc2)C(=N)N(c2cccc(Cl)c2)C1=O. The number of anilines is 1. The van der Waals surface area contributed by atoms with Gasteiger partial charge in [0.05, 0.1) is 11.4 Å². The summed E-state index contributed by atoms with van der Waals surface area (Å²) >= 11 is 6.00. The Balaban J connectivity index is 2.18. The number of amidine groups is 1. The molecule has 1 aliphatic heterocycles. The van der Waals surface area contributed by atoms with Gasteiger partial charge in [-0.3, -0.25) is 15.1 Å². The predicted molar refractivity (Wildman–Crippen MR) is 97.9 cm³/mol. The predicted octanol–water partition coefficient (Wildman–Crippen LogP) is 3.48. The van der Waals surface area contributed by atoms with Crippen molar-refractivity contribution in [2.75, 3.05) is 4.90 Å². The zero-order chi connectivity index (χ0) is 18.0. The van der Waals surface area contributed by atoms with Crippen molar-refractivity contribution in [2.45, 2.75) is 0 Å². The summed E-state index contributed by atoms with van der Waals surface area (Å²) in [6.07, 6.45) is 1.68. The van der Waals surface area contributed by atoms with Crippen molar-refractivity contribution in [3.05, 3.63) is 82.0 Å². The van der Waals surface area contributed by atoms with E-state index in [2.05, 4.69) is 0 Å². The summed E-state index contributed by atoms with van der Waals surface area (Å²) in [6.45, 7) is 0. The van der Waals surface area contributed by atoms with Crippen LogP contribution in [-0.2, 0) is 4.79 Å². The van der Waals surface area contributed by atoms with Gasteiger partial charge < -0.3 is 5.73 Å². The molecule has 0 radical (unpaired) electrons. The van der Waals surface area contributed by atoms with E-state index in [-0.39, 0.29) is 17.1 Å². The van der Waals surface area contributed by atoms with Crippen LogP contribution in [0.1, 0.15) is 5.56 Å². The van der Waals surface area contributed by atoms with Gasteiger partial charge in [-0.25, -0.2) is 0 Å². The first-order chi connectivity index (χ1) is 12.0. The lowest BCUT2D eigenvalue weighted by atomic mass is 9.97. The average molecular weight is 349 g/mol. The maximum Gasteiger partial charge on any atom is 0.276 e. The minimum Gasteiger partial charge on any atom is -0.397 e. The first-order valence-electron chi connectivity index (χ1n) is 7.39. The molecule has 3 N–H and O–H groups in total. The molecule has 0 unspecified atom stereocenters. The fraction of sp³-hybridized carbons (Fsp3) is 0. The zero-order valence-electron chi connectivity index (χ0n) is 13.0. The Bertz CT molecular complexity index is 970. The summed E-state index contributed by atoms with van der Waals surface area (Å²) in [5.74, 6) is -0.745. The van der Waals surface area contributed by atoms with Crippen LogP contribution in [0.15, 0.2) is 71.4 Å². The van der Waals surface area contributed by atoms with Crippen molar-refractivity contribution >= 4 is 35.1 Å².